The molecule has 0 aliphatic carbocycles. The normalized spacial score (nSPS) is 12.4. The summed E-state index contributed by atoms with van der Waals surface area (Å²) in [4.78, 5) is 25.1. The number of hydrogen-bond donors (Lipinski definition) is 4. The average Bonchev–Trinajstić information content (AvgIpc) is 2.28. The fraction of sp³-hybridized carbons (Fsp3) is 0.600. The SMILES string of the molecule is CCn1c(N)c(NCC(C)CO)c(=O)[nH]c1=O. The van der Waals surface area contributed by atoms with E-state index in [1.165, 1.54) is 4.57 Å². The summed E-state index contributed by atoms with van der Waals surface area (Å²) in [5.41, 5.74) is 4.86. The van der Waals surface area contributed by atoms with Crippen LogP contribution < -0.4 is 22.3 Å². The first kappa shape index (κ1) is 13.3. The van der Waals surface area contributed by atoms with Crippen LogP contribution in [0.1, 0.15) is 13.8 Å². The molecule has 0 aliphatic heterocycles. The van der Waals surface area contributed by atoms with Gasteiger partial charge in [0.05, 0.1) is 0 Å². The topological polar surface area (TPSA) is 113 Å². The van der Waals surface area contributed by atoms with Crippen LogP contribution in [0.25, 0.3) is 0 Å². The number of nitrogens with one attached hydrogen (secondary N) is 2. The van der Waals surface area contributed by atoms with Crippen LogP contribution in [-0.2, 0) is 6.54 Å². The van der Waals surface area contributed by atoms with E-state index in [1.807, 2.05) is 6.92 Å². The predicted octanol–water partition coefficient (Wildman–Crippen LogP) is -0.821. The van der Waals surface area contributed by atoms with Gasteiger partial charge in [0.15, 0.2) is 0 Å². The van der Waals surface area contributed by atoms with Gasteiger partial charge >= 0.3 is 5.69 Å². The lowest BCUT2D eigenvalue weighted by Crippen LogP contribution is -2.34. The van der Waals surface area contributed by atoms with Crippen LogP contribution in [0.4, 0.5) is 11.5 Å². The summed E-state index contributed by atoms with van der Waals surface area (Å²) < 4.78 is 1.27. The molecule has 1 unspecified atom stereocenters. The lowest BCUT2D eigenvalue weighted by atomic mass is 10.2. The molecule has 0 fully saturated rings. The van der Waals surface area contributed by atoms with Gasteiger partial charge in [-0.1, -0.05) is 6.92 Å². The average molecular weight is 242 g/mol. The van der Waals surface area contributed by atoms with E-state index in [2.05, 4.69) is 10.3 Å². The maximum atomic E-state index is 11.6. The number of rotatable bonds is 5. The first-order valence-electron chi connectivity index (χ1n) is 5.48. The zero-order valence-electron chi connectivity index (χ0n) is 9.99. The molecule has 0 aliphatic rings. The molecule has 17 heavy (non-hydrogen) atoms. The second-order valence-corrected chi connectivity index (χ2v) is 3.93. The van der Waals surface area contributed by atoms with Gasteiger partial charge in [0.25, 0.3) is 5.56 Å². The van der Waals surface area contributed by atoms with E-state index in [4.69, 9.17) is 10.8 Å². The summed E-state index contributed by atoms with van der Waals surface area (Å²) in [6, 6.07) is 0. The Balaban J connectivity index is 3.07. The smallest absolute Gasteiger partial charge is 0.330 e. The van der Waals surface area contributed by atoms with E-state index in [1.54, 1.807) is 6.92 Å². The van der Waals surface area contributed by atoms with Crippen molar-refractivity contribution in [3.63, 3.8) is 0 Å². The van der Waals surface area contributed by atoms with Crippen LogP contribution in [0, 0.1) is 5.92 Å². The molecule has 1 atom stereocenters. The van der Waals surface area contributed by atoms with Crippen molar-refractivity contribution in [3.8, 4) is 0 Å². The van der Waals surface area contributed by atoms with E-state index in [0.717, 1.165) is 0 Å². The summed E-state index contributed by atoms with van der Waals surface area (Å²) >= 11 is 0. The molecule has 1 rings (SSSR count). The molecular formula is C10H18N4O3. The van der Waals surface area contributed by atoms with Crippen molar-refractivity contribution in [2.45, 2.75) is 20.4 Å². The Morgan fingerprint density at radius 2 is 2.18 bits per heavy atom. The summed E-state index contributed by atoms with van der Waals surface area (Å²) in [5, 5.41) is 11.7. The second kappa shape index (κ2) is 5.53. The van der Waals surface area contributed by atoms with Crippen LogP contribution >= 0.6 is 0 Å². The molecule has 1 heterocycles. The number of aliphatic hydroxyl groups excluding tert-OH is 1. The molecule has 0 saturated heterocycles. The number of aromatic amines is 1. The highest BCUT2D eigenvalue weighted by Crippen LogP contribution is 2.10. The highest BCUT2D eigenvalue weighted by molar-refractivity contribution is 5.60. The Morgan fingerprint density at radius 3 is 2.71 bits per heavy atom. The third kappa shape index (κ3) is 2.88. The second-order valence-electron chi connectivity index (χ2n) is 3.93. The van der Waals surface area contributed by atoms with Gasteiger partial charge < -0.3 is 16.2 Å². The van der Waals surface area contributed by atoms with Crippen LogP contribution in [0.15, 0.2) is 9.59 Å². The Kier molecular flexibility index (Phi) is 4.33. The van der Waals surface area contributed by atoms with Crippen molar-refractivity contribution in [2.75, 3.05) is 24.2 Å². The van der Waals surface area contributed by atoms with Gasteiger partial charge in [0, 0.05) is 19.7 Å². The molecule has 1 aromatic rings. The minimum Gasteiger partial charge on any atom is -0.396 e. The van der Waals surface area contributed by atoms with E-state index < -0.39 is 11.2 Å². The standard InChI is InChI=1S/C10H18N4O3/c1-3-14-8(11)7(9(16)13-10(14)17)12-4-6(2)5-15/h6,12,15H,3-5,11H2,1-2H3,(H,13,16,17). The van der Waals surface area contributed by atoms with E-state index in [0.29, 0.717) is 13.1 Å². The van der Waals surface area contributed by atoms with Crippen LogP contribution in [0.2, 0.25) is 0 Å². The highest BCUT2D eigenvalue weighted by atomic mass is 16.3. The minimum atomic E-state index is -0.540. The predicted molar refractivity (Wildman–Crippen MR) is 66.1 cm³/mol. The molecule has 96 valence electrons. The largest absolute Gasteiger partial charge is 0.396 e. The number of nitrogens with zero attached hydrogens (tertiary/aromatic N) is 1. The number of H-pyrrole nitrogens is 1. The number of hydrogen-bond acceptors (Lipinski definition) is 5. The van der Waals surface area contributed by atoms with Crippen molar-refractivity contribution >= 4 is 11.5 Å². The van der Waals surface area contributed by atoms with E-state index in [-0.39, 0.29) is 24.0 Å². The quantitative estimate of drug-likeness (QED) is 0.538. The first-order chi connectivity index (χ1) is 8.01. The van der Waals surface area contributed by atoms with Crippen molar-refractivity contribution < 1.29 is 5.11 Å². The van der Waals surface area contributed by atoms with Crippen LogP contribution in [0.3, 0.4) is 0 Å². The van der Waals surface area contributed by atoms with Crippen molar-refractivity contribution in [1.29, 1.82) is 0 Å². The van der Waals surface area contributed by atoms with E-state index >= 15 is 0 Å². The monoisotopic (exact) mass is 242 g/mol. The Labute approximate surface area is 98.3 Å². The summed E-state index contributed by atoms with van der Waals surface area (Å²) in [6.45, 7) is 4.39. The first-order valence-corrected chi connectivity index (χ1v) is 5.48. The molecule has 0 saturated carbocycles. The summed E-state index contributed by atoms with van der Waals surface area (Å²) in [6.07, 6.45) is 0. The molecular weight excluding hydrogens is 224 g/mol. The van der Waals surface area contributed by atoms with Crippen LogP contribution in [-0.4, -0.2) is 27.8 Å². The van der Waals surface area contributed by atoms with Crippen LogP contribution in [0.5, 0.6) is 0 Å². The zero-order chi connectivity index (χ0) is 13.0. The van der Waals surface area contributed by atoms with E-state index in [9.17, 15) is 9.59 Å². The number of anilines is 2. The lowest BCUT2D eigenvalue weighted by molar-refractivity contribution is 0.244. The number of nitrogen functional groups attached to an aromatic ring is 1. The fourth-order valence-corrected chi connectivity index (χ4v) is 1.41. The molecule has 7 nitrogen and oxygen atoms in total. The number of aromatic nitrogens is 2. The lowest BCUT2D eigenvalue weighted by Gasteiger charge is -2.14. The number of nitrogens with two attached hydrogens (primary N) is 1. The zero-order valence-corrected chi connectivity index (χ0v) is 9.99. The van der Waals surface area contributed by atoms with Crippen molar-refractivity contribution in [1.82, 2.24) is 9.55 Å². The van der Waals surface area contributed by atoms with Gasteiger partial charge in [-0.15, -0.1) is 0 Å². The number of aliphatic hydroxyl groups is 1. The van der Waals surface area contributed by atoms with Gasteiger partial charge in [0.1, 0.15) is 11.5 Å². The van der Waals surface area contributed by atoms with Gasteiger partial charge in [0.2, 0.25) is 0 Å². The summed E-state index contributed by atoms with van der Waals surface area (Å²) in [5.74, 6) is 0.113. The Bertz CT molecular complexity index is 491. The molecule has 0 aromatic carbocycles. The molecule has 0 amide bonds. The van der Waals surface area contributed by atoms with Gasteiger partial charge in [-0.05, 0) is 12.8 Å². The molecule has 5 N–H and O–H groups in total. The third-order valence-corrected chi connectivity index (χ3v) is 2.49. The molecule has 0 bridgehead atoms. The highest BCUT2D eigenvalue weighted by Gasteiger charge is 2.11. The summed E-state index contributed by atoms with van der Waals surface area (Å²) in [7, 11) is 0. The van der Waals surface area contributed by atoms with Gasteiger partial charge in [-0.25, -0.2) is 4.79 Å². The molecule has 0 spiro atoms. The van der Waals surface area contributed by atoms with Crippen molar-refractivity contribution in [2.24, 2.45) is 5.92 Å². The minimum absolute atomic E-state index is 0.00388. The van der Waals surface area contributed by atoms with Crippen molar-refractivity contribution in [3.05, 3.63) is 20.8 Å². The Hall–Kier alpha value is -1.76. The third-order valence-electron chi connectivity index (χ3n) is 2.49. The molecule has 7 heteroatoms. The molecule has 0 radical (unpaired) electrons. The Morgan fingerprint density at radius 1 is 1.53 bits per heavy atom. The maximum absolute atomic E-state index is 11.6. The molecule has 1 aromatic heterocycles. The van der Waals surface area contributed by atoms with Gasteiger partial charge in [-0.3, -0.25) is 14.3 Å². The fourth-order valence-electron chi connectivity index (χ4n) is 1.41. The maximum Gasteiger partial charge on any atom is 0.330 e. The van der Waals surface area contributed by atoms with Gasteiger partial charge in [-0.2, -0.15) is 0 Å².